The Hall–Kier alpha value is -4.08. The number of benzene rings is 1. The highest BCUT2D eigenvalue weighted by Crippen LogP contribution is 2.15. The Morgan fingerprint density at radius 3 is 2.46 bits per heavy atom. The zero-order valence-electron chi connectivity index (χ0n) is 19.7. The fourth-order valence-electron chi connectivity index (χ4n) is 3.94. The van der Waals surface area contributed by atoms with Crippen molar-refractivity contribution in [2.75, 3.05) is 19.6 Å². The second-order valence-electron chi connectivity index (χ2n) is 8.53. The van der Waals surface area contributed by atoms with Crippen molar-refractivity contribution in [1.29, 1.82) is 5.41 Å². The monoisotopic (exact) mass is 479 g/mol. The summed E-state index contributed by atoms with van der Waals surface area (Å²) in [6, 6.07) is 7.81. The lowest BCUT2D eigenvalue weighted by Crippen LogP contribution is -2.51. The number of carbonyl (C=O) groups excluding carboxylic acids is 3. The van der Waals surface area contributed by atoms with Gasteiger partial charge >= 0.3 is 6.03 Å². The molecule has 4 amide bonds. The van der Waals surface area contributed by atoms with Crippen molar-refractivity contribution in [2.45, 2.75) is 31.8 Å². The third-order valence-corrected chi connectivity index (χ3v) is 5.82. The number of nitrogens with zero attached hydrogens (tertiary/aromatic N) is 2. The number of urea groups is 1. The number of guanidine groups is 1. The number of piperidine rings is 1. The van der Waals surface area contributed by atoms with Crippen LogP contribution in [0.15, 0.2) is 67.0 Å². The molecule has 3 rings (SSSR count). The lowest BCUT2D eigenvalue weighted by Gasteiger charge is -2.33. The summed E-state index contributed by atoms with van der Waals surface area (Å²) >= 11 is 0. The Kier molecular flexibility index (Phi) is 9.47. The number of allylic oxidation sites excluding steroid dienone is 4. The molecule has 1 aromatic carbocycles. The average molecular weight is 480 g/mol. The first-order chi connectivity index (χ1) is 16.9. The number of rotatable bonds is 8. The summed E-state index contributed by atoms with van der Waals surface area (Å²) in [5, 5.41) is 15.9. The Morgan fingerprint density at radius 1 is 1.06 bits per heavy atom. The van der Waals surface area contributed by atoms with Gasteiger partial charge in [-0.3, -0.25) is 19.9 Å². The van der Waals surface area contributed by atoms with E-state index in [1.807, 2.05) is 30.3 Å². The molecule has 10 nitrogen and oxygen atoms in total. The normalized spacial score (nSPS) is 17.9. The van der Waals surface area contributed by atoms with E-state index in [1.165, 1.54) is 4.90 Å². The zero-order valence-corrected chi connectivity index (χ0v) is 19.7. The molecule has 10 heteroatoms. The van der Waals surface area contributed by atoms with Crippen LogP contribution < -0.4 is 21.7 Å². The van der Waals surface area contributed by atoms with Crippen molar-refractivity contribution in [3.8, 4) is 0 Å². The van der Waals surface area contributed by atoms with Crippen LogP contribution in [0, 0.1) is 11.3 Å². The van der Waals surface area contributed by atoms with Gasteiger partial charge in [-0.1, -0.05) is 42.5 Å². The highest BCUT2D eigenvalue weighted by molar-refractivity contribution is 5.92. The van der Waals surface area contributed by atoms with Gasteiger partial charge in [0.25, 0.3) is 5.91 Å². The number of hydrogen-bond donors (Lipinski definition) is 5. The lowest BCUT2D eigenvalue weighted by molar-refractivity contribution is -0.132. The van der Waals surface area contributed by atoms with Gasteiger partial charge in [-0.2, -0.15) is 0 Å². The molecule has 1 fully saturated rings. The molecule has 186 valence electrons. The van der Waals surface area contributed by atoms with Crippen molar-refractivity contribution in [3.63, 3.8) is 0 Å². The van der Waals surface area contributed by atoms with E-state index in [4.69, 9.17) is 11.1 Å². The molecule has 0 unspecified atom stereocenters. The highest BCUT2D eigenvalue weighted by Gasteiger charge is 2.28. The van der Waals surface area contributed by atoms with Gasteiger partial charge in [-0.15, -0.1) is 0 Å². The molecule has 0 saturated carbocycles. The predicted octanol–water partition coefficient (Wildman–Crippen LogP) is 1.39. The first-order valence-corrected chi connectivity index (χ1v) is 11.7. The minimum Gasteiger partial charge on any atom is -0.370 e. The van der Waals surface area contributed by atoms with Crippen LogP contribution in [0.5, 0.6) is 0 Å². The van der Waals surface area contributed by atoms with Crippen molar-refractivity contribution >= 4 is 23.8 Å². The molecule has 0 aliphatic carbocycles. The second-order valence-corrected chi connectivity index (χ2v) is 8.53. The first kappa shape index (κ1) is 25.5. The van der Waals surface area contributed by atoms with Crippen LogP contribution in [0.3, 0.4) is 0 Å². The quantitative estimate of drug-likeness (QED) is 0.283. The molecule has 0 radical (unpaired) electrons. The smallest absolute Gasteiger partial charge is 0.315 e. The van der Waals surface area contributed by atoms with Crippen molar-refractivity contribution in [3.05, 3.63) is 72.6 Å². The van der Waals surface area contributed by atoms with E-state index < -0.39 is 18.0 Å². The summed E-state index contributed by atoms with van der Waals surface area (Å²) in [5.74, 6) is -0.569. The van der Waals surface area contributed by atoms with Crippen molar-refractivity contribution < 1.29 is 14.4 Å². The fourth-order valence-corrected chi connectivity index (χ4v) is 3.94. The molecule has 6 N–H and O–H groups in total. The Morgan fingerprint density at radius 2 is 1.77 bits per heavy atom. The summed E-state index contributed by atoms with van der Waals surface area (Å²) < 4.78 is 0. The predicted molar refractivity (Wildman–Crippen MR) is 134 cm³/mol. The molecule has 1 saturated heterocycles. The molecule has 0 spiro atoms. The molecule has 2 atom stereocenters. The zero-order chi connectivity index (χ0) is 25.0. The first-order valence-electron chi connectivity index (χ1n) is 11.7. The van der Waals surface area contributed by atoms with Gasteiger partial charge in [0.15, 0.2) is 5.96 Å². The molecule has 0 aromatic heterocycles. The highest BCUT2D eigenvalue weighted by atomic mass is 16.2. The van der Waals surface area contributed by atoms with E-state index in [9.17, 15) is 14.4 Å². The molecule has 2 aliphatic rings. The molecule has 35 heavy (non-hydrogen) atoms. The van der Waals surface area contributed by atoms with Gasteiger partial charge in [0.2, 0.25) is 5.91 Å². The molecular formula is C25H33N7O3. The summed E-state index contributed by atoms with van der Waals surface area (Å²) in [7, 11) is 0. The SMILES string of the molecule is N=C(N)N1CCC[C@@H](CNC(=O)C[C@H](NC(=O)NCc2ccccc2)C(=O)N2C=CC=CC=C2)C1. The van der Waals surface area contributed by atoms with Crippen LogP contribution in [-0.2, 0) is 16.1 Å². The average Bonchev–Trinajstić information content (AvgIpc) is 3.16. The topological polar surface area (TPSA) is 144 Å². The van der Waals surface area contributed by atoms with Gasteiger partial charge in [0.1, 0.15) is 6.04 Å². The van der Waals surface area contributed by atoms with Crippen LogP contribution in [0.1, 0.15) is 24.8 Å². The van der Waals surface area contributed by atoms with Crippen molar-refractivity contribution in [1.82, 2.24) is 25.8 Å². The van der Waals surface area contributed by atoms with Gasteiger partial charge in [0.05, 0.1) is 6.42 Å². The van der Waals surface area contributed by atoms with Crippen LogP contribution >= 0.6 is 0 Å². The minimum absolute atomic E-state index is 0.0328. The number of carbonyl (C=O) groups is 3. The largest absolute Gasteiger partial charge is 0.370 e. The van der Waals surface area contributed by atoms with Crippen LogP contribution in [0.2, 0.25) is 0 Å². The van der Waals surface area contributed by atoms with E-state index in [0.29, 0.717) is 19.6 Å². The second kappa shape index (κ2) is 13.0. The Balaban J connectivity index is 1.58. The standard InChI is InChI=1S/C25H33N7O3/c26-24(27)32-14-8-11-20(18-32)17-28-22(33)15-21(23(34)31-12-6-1-2-7-13-31)30-25(35)29-16-19-9-4-3-5-10-19/h1-7,9-10,12-13,20-21H,8,11,14-18H2,(H3,26,27)(H,28,33)(H2,29,30,35)/t20-,21-/m0/s1. The van der Waals surface area contributed by atoms with Crippen molar-refractivity contribution in [2.24, 2.45) is 11.7 Å². The lowest BCUT2D eigenvalue weighted by atomic mass is 9.98. The third-order valence-electron chi connectivity index (χ3n) is 5.82. The van der Waals surface area contributed by atoms with E-state index in [0.717, 1.165) is 24.9 Å². The van der Waals surface area contributed by atoms with Gasteiger partial charge in [0, 0.05) is 38.6 Å². The van der Waals surface area contributed by atoms with E-state index in [1.54, 1.807) is 41.6 Å². The third kappa shape index (κ3) is 8.33. The Bertz CT molecular complexity index is 974. The summed E-state index contributed by atoms with van der Waals surface area (Å²) in [5.41, 5.74) is 6.51. The molecule has 2 heterocycles. The van der Waals surface area contributed by atoms with E-state index in [2.05, 4.69) is 16.0 Å². The fraction of sp³-hybridized carbons (Fsp3) is 0.360. The van der Waals surface area contributed by atoms with Gasteiger partial charge in [-0.25, -0.2) is 4.79 Å². The number of nitrogens with two attached hydrogens (primary N) is 1. The van der Waals surface area contributed by atoms with Crippen LogP contribution in [0.4, 0.5) is 4.79 Å². The van der Waals surface area contributed by atoms with E-state index in [-0.39, 0.29) is 24.2 Å². The summed E-state index contributed by atoms with van der Waals surface area (Å²) in [6.45, 7) is 2.05. The van der Waals surface area contributed by atoms with E-state index >= 15 is 0 Å². The number of amides is 4. The van der Waals surface area contributed by atoms with Crippen LogP contribution in [-0.4, -0.2) is 59.3 Å². The maximum atomic E-state index is 13.1. The number of hydrogen-bond acceptors (Lipinski definition) is 4. The molecule has 2 aliphatic heterocycles. The molecule has 0 bridgehead atoms. The number of nitrogens with one attached hydrogen (secondary N) is 4. The number of likely N-dealkylation sites (tertiary alicyclic amines) is 1. The molecular weight excluding hydrogens is 446 g/mol. The van der Waals surface area contributed by atoms with Crippen LogP contribution in [0.25, 0.3) is 0 Å². The van der Waals surface area contributed by atoms with Gasteiger partial charge in [-0.05, 0) is 36.5 Å². The maximum absolute atomic E-state index is 13.1. The maximum Gasteiger partial charge on any atom is 0.315 e. The Labute approximate surface area is 205 Å². The minimum atomic E-state index is -1.06. The van der Waals surface area contributed by atoms with Gasteiger partial charge < -0.3 is 26.6 Å². The summed E-state index contributed by atoms with van der Waals surface area (Å²) in [6.07, 6.45) is 11.7. The summed E-state index contributed by atoms with van der Waals surface area (Å²) in [4.78, 5) is 41.6. The molecule has 1 aromatic rings.